The van der Waals surface area contributed by atoms with Crippen molar-refractivity contribution in [3.05, 3.63) is 48.5 Å². The SMILES string of the molecule is CCN(C(=O)C1CCN(c2nc3ccccc3o2)CC1)c1nc2ccccc2s1. The van der Waals surface area contributed by atoms with Crippen LogP contribution in [0.15, 0.2) is 52.9 Å². The number of hydrogen-bond acceptors (Lipinski definition) is 6. The van der Waals surface area contributed by atoms with E-state index in [1.807, 2.05) is 60.4 Å². The van der Waals surface area contributed by atoms with Crippen molar-refractivity contribution in [3.63, 3.8) is 0 Å². The van der Waals surface area contributed by atoms with Crippen LogP contribution in [0.4, 0.5) is 11.1 Å². The Kier molecular flexibility index (Phi) is 4.67. The lowest BCUT2D eigenvalue weighted by molar-refractivity contribution is -0.122. The standard InChI is InChI=1S/C22H22N4O2S/c1-2-26(22-24-17-8-4-6-10-19(17)29-22)20(27)15-11-13-25(14-12-15)21-23-16-7-3-5-9-18(16)28-21/h3-10,15H,2,11-14H2,1H3. The molecular formula is C22H22N4O2S. The number of rotatable bonds is 4. The van der Waals surface area contributed by atoms with Crippen LogP contribution in [0, 0.1) is 5.92 Å². The Hall–Kier alpha value is -2.93. The molecule has 1 aliphatic rings. The van der Waals surface area contributed by atoms with Gasteiger partial charge in [0.25, 0.3) is 6.01 Å². The largest absolute Gasteiger partial charge is 0.423 e. The number of amides is 1. The van der Waals surface area contributed by atoms with Gasteiger partial charge in [0, 0.05) is 25.6 Å². The van der Waals surface area contributed by atoms with E-state index >= 15 is 0 Å². The number of piperidine rings is 1. The van der Waals surface area contributed by atoms with E-state index in [-0.39, 0.29) is 11.8 Å². The van der Waals surface area contributed by atoms with E-state index in [9.17, 15) is 4.79 Å². The van der Waals surface area contributed by atoms with Gasteiger partial charge in [-0.05, 0) is 44.0 Å². The Morgan fingerprint density at radius 1 is 1.10 bits per heavy atom. The summed E-state index contributed by atoms with van der Waals surface area (Å²) in [5, 5.41) is 0.792. The fourth-order valence-corrected chi connectivity index (χ4v) is 4.93. The third-order valence-electron chi connectivity index (χ3n) is 5.49. The fourth-order valence-electron chi connectivity index (χ4n) is 3.89. The lowest BCUT2D eigenvalue weighted by Gasteiger charge is -2.32. The number of fused-ring (bicyclic) bond motifs is 2. The summed E-state index contributed by atoms with van der Waals surface area (Å²) in [7, 11) is 0. The smallest absolute Gasteiger partial charge is 0.298 e. The number of carbonyl (C=O) groups excluding carboxylic acids is 1. The maximum absolute atomic E-state index is 13.2. The average molecular weight is 407 g/mol. The first kappa shape index (κ1) is 18.1. The highest BCUT2D eigenvalue weighted by Crippen LogP contribution is 2.32. The summed E-state index contributed by atoms with van der Waals surface area (Å²) in [4.78, 5) is 26.5. The summed E-state index contributed by atoms with van der Waals surface area (Å²) >= 11 is 1.58. The molecule has 1 saturated heterocycles. The average Bonchev–Trinajstić information content (AvgIpc) is 3.38. The Morgan fingerprint density at radius 2 is 1.83 bits per heavy atom. The molecule has 0 atom stereocenters. The molecule has 0 bridgehead atoms. The van der Waals surface area contributed by atoms with Crippen LogP contribution in [0.3, 0.4) is 0 Å². The highest BCUT2D eigenvalue weighted by atomic mass is 32.1. The van der Waals surface area contributed by atoms with E-state index in [1.165, 1.54) is 0 Å². The van der Waals surface area contributed by atoms with E-state index < -0.39 is 0 Å². The molecule has 6 nitrogen and oxygen atoms in total. The van der Waals surface area contributed by atoms with Gasteiger partial charge in [-0.3, -0.25) is 9.69 Å². The van der Waals surface area contributed by atoms with Crippen LogP contribution in [0.5, 0.6) is 0 Å². The van der Waals surface area contributed by atoms with E-state index in [0.717, 1.165) is 52.4 Å². The van der Waals surface area contributed by atoms with Crippen molar-refractivity contribution in [2.75, 3.05) is 29.4 Å². The number of nitrogens with zero attached hydrogens (tertiary/aromatic N) is 4. The lowest BCUT2D eigenvalue weighted by atomic mass is 9.95. The van der Waals surface area contributed by atoms with Gasteiger partial charge in [-0.15, -0.1) is 0 Å². The molecule has 29 heavy (non-hydrogen) atoms. The summed E-state index contributed by atoms with van der Waals surface area (Å²) < 4.78 is 7.00. The molecule has 1 amide bonds. The number of para-hydroxylation sites is 3. The Labute approximate surface area is 172 Å². The molecular weight excluding hydrogens is 384 g/mol. The van der Waals surface area contributed by atoms with Gasteiger partial charge in [-0.1, -0.05) is 35.6 Å². The quantitative estimate of drug-likeness (QED) is 0.491. The first-order chi connectivity index (χ1) is 14.2. The van der Waals surface area contributed by atoms with Gasteiger partial charge in [0.1, 0.15) is 5.52 Å². The predicted molar refractivity (Wildman–Crippen MR) is 117 cm³/mol. The fraction of sp³-hybridized carbons (Fsp3) is 0.318. The van der Waals surface area contributed by atoms with E-state index in [1.54, 1.807) is 11.3 Å². The number of carbonyl (C=O) groups is 1. The Balaban J connectivity index is 1.29. The van der Waals surface area contributed by atoms with Crippen LogP contribution in [0.2, 0.25) is 0 Å². The minimum atomic E-state index is 0.00240. The number of oxazole rings is 1. The molecule has 5 rings (SSSR count). The summed E-state index contributed by atoms with van der Waals surface area (Å²) in [6, 6.07) is 16.5. The molecule has 0 N–H and O–H groups in total. The van der Waals surface area contributed by atoms with Gasteiger partial charge >= 0.3 is 0 Å². The molecule has 2 aromatic heterocycles. The molecule has 4 aromatic rings. The van der Waals surface area contributed by atoms with Crippen molar-refractivity contribution in [1.82, 2.24) is 9.97 Å². The molecule has 2 aromatic carbocycles. The van der Waals surface area contributed by atoms with Gasteiger partial charge < -0.3 is 9.32 Å². The number of anilines is 2. The molecule has 0 unspecified atom stereocenters. The highest BCUT2D eigenvalue weighted by molar-refractivity contribution is 7.22. The second-order valence-corrected chi connectivity index (χ2v) is 8.28. The maximum Gasteiger partial charge on any atom is 0.298 e. The van der Waals surface area contributed by atoms with Crippen molar-refractivity contribution in [3.8, 4) is 0 Å². The van der Waals surface area contributed by atoms with Crippen LogP contribution in [0.25, 0.3) is 21.3 Å². The Bertz CT molecular complexity index is 1090. The van der Waals surface area contributed by atoms with Crippen LogP contribution < -0.4 is 9.80 Å². The van der Waals surface area contributed by atoms with Crippen molar-refractivity contribution in [1.29, 1.82) is 0 Å². The monoisotopic (exact) mass is 406 g/mol. The first-order valence-electron chi connectivity index (χ1n) is 10.0. The zero-order valence-electron chi connectivity index (χ0n) is 16.2. The zero-order valence-corrected chi connectivity index (χ0v) is 17.1. The topological polar surface area (TPSA) is 62.5 Å². The molecule has 3 heterocycles. The van der Waals surface area contributed by atoms with Crippen LogP contribution in [-0.4, -0.2) is 35.5 Å². The second-order valence-electron chi connectivity index (χ2n) is 7.27. The van der Waals surface area contributed by atoms with Gasteiger partial charge in [0.15, 0.2) is 10.7 Å². The number of benzene rings is 2. The molecule has 0 saturated carbocycles. The number of aromatic nitrogens is 2. The van der Waals surface area contributed by atoms with Gasteiger partial charge in [0.2, 0.25) is 5.91 Å². The predicted octanol–water partition coefficient (Wildman–Crippen LogP) is 4.71. The van der Waals surface area contributed by atoms with E-state index in [2.05, 4.69) is 14.9 Å². The number of hydrogen-bond donors (Lipinski definition) is 0. The molecule has 1 fully saturated rings. The molecule has 0 radical (unpaired) electrons. The second kappa shape index (κ2) is 7.48. The van der Waals surface area contributed by atoms with Gasteiger partial charge in [-0.2, -0.15) is 4.98 Å². The van der Waals surface area contributed by atoms with Gasteiger partial charge in [-0.25, -0.2) is 4.98 Å². The lowest BCUT2D eigenvalue weighted by Crippen LogP contribution is -2.42. The summed E-state index contributed by atoms with van der Waals surface area (Å²) in [6.07, 6.45) is 1.58. The van der Waals surface area contributed by atoms with Gasteiger partial charge in [0.05, 0.1) is 10.2 Å². The third-order valence-corrected chi connectivity index (χ3v) is 6.55. The van der Waals surface area contributed by atoms with Crippen molar-refractivity contribution in [2.45, 2.75) is 19.8 Å². The van der Waals surface area contributed by atoms with E-state index in [4.69, 9.17) is 4.42 Å². The molecule has 1 aliphatic heterocycles. The maximum atomic E-state index is 13.2. The summed E-state index contributed by atoms with van der Waals surface area (Å²) in [5.74, 6) is 0.173. The highest BCUT2D eigenvalue weighted by Gasteiger charge is 2.31. The minimum absolute atomic E-state index is 0.00240. The molecule has 148 valence electrons. The van der Waals surface area contributed by atoms with Crippen LogP contribution in [0.1, 0.15) is 19.8 Å². The molecule has 7 heteroatoms. The van der Waals surface area contributed by atoms with Crippen LogP contribution >= 0.6 is 11.3 Å². The molecule has 0 aliphatic carbocycles. The third kappa shape index (κ3) is 3.35. The van der Waals surface area contributed by atoms with Crippen molar-refractivity contribution < 1.29 is 9.21 Å². The summed E-state index contributed by atoms with van der Waals surface area (Å²) in [5.41, 5.74) is 2.62. The zero-order chi connectivity index (χ0) is 19.8. The Morgan fingerprint density at radius 3 is 2.55 bits per heavy atom. The normalized spacial score (nSPS) is 15.3. The van der Waals surface area contributed by atoms with Crippen LogP contribution in [-0.2, 0) is 4.79 Å². The van der Waals surface area contributed by atoms with Crippen molar-refractivity contribution >= 4 is 49.7 Å². The number of thiazole rings is 1. The van der Waals surface area contributed by atoms with Crippen molar-refractivity contribution in [2.24, 2.45) is 5.92 Å². The minimum Gasteiger partial charge on any atom is -0.423 e. The molecule has 0 spiro atoms. The van der Waals surface area contributed by atoms with E-state index in [0.29, 0.717) is 12.6 Å². The first-order valence-corrected chi connectivity index (χ1v) is 10.8. The summed E-state index contributed by atoms with van der Waals surface area (Å²) in [6.45, 7) is 4.17.